The van der Waals surface area contributed by atoms with E-state index in [0.717, 1.165) is 25.7 Å². The summed E-state index contributed by atoms with van der Waals surface area (Å²) in [5.41, 5.74) is -0.221. The highest BCUT2D eigenvalue weighted by atomic mass is 16.6. The van der Waals surface area contributed by atoms with Gasteiger partial charge in [0.05, 0.1) is 33.0 Å². The summed E-state index contributed by atoms with van der Waals surface area (Å²) in [4.78, 5) is 63.0. The van der Waals surface area contributed by atoms with Gasteiger partial charge in [-0.25, -0.2) is 4.79 Å². The Morgan fingerprint density at radius 3 is 1.07 bits per heavy atom. The summed E-state index contributed by atoms with van der Waals surface area (Å²) in [5.74, 6) is -0.511. The Labute approximate surface area is 418 Å². The molecule has 0 radical (unpaired) electrons. The van der Waals surface area contributed by atoms with Crippen LogP contribution in [0.4, 0.5) is 4.79 Å². The lowest BCUT2D eigenvalue weighted by Crippen LogP contribution is -2.34. The summed E-state index contributed by atoms with van der Waals surface area (Å²) in [7, 11) is 0. The lowest BCUT2D eigenvalue weighted by molar-refractivity contribution is -0.122. The van der Waals surface area contributed by atoms with Crippen LogP contribution in [0, 0.1) is 0 Å². The highest BCUT2D eigenvalue weighted by Crippen LogP contribution is 2.19. The van der Waals surface area contributed by atoms with Gasteiger partial charge in [-0.15, -0.1) is 0 Å². The first-order valence-corrected chi connectivity index (χ1v) is 27.4. The molecule has 0 aliphatic carbocycles. The quantitative estimate of drug-likeness (QED) is 0.0397. The molecule has 1 rings (SSSR count). The number of carbonyl (C=O) groups is 5. The Morgan fingerprint density at radius 2 is 0.725 bits per heavy atom. The zero-order chi connectivity index (χ0) is 50.5. The molecule has 0 aromatic heterocycles. The minimum Gasteiger partial charge on any atom is -0.492 e. The number of alkyl carbamates (subject to hydrolysis) is 1. The Kier molecular flexibility index (Phi) is 40.3. The molecule has 5 amide bonds. The van der Waals surface area contributed by atoms with E-state index in [1.807, 2.05) is 0 Å². The Hall–Kier alpha value is -3.91. The van der Waals surface area contributed by atoms with Gasteiger partial charge in [-0.05, 0) is 51.8 Å². The monoisotopic (exact) mass is 974 g/mol. The highest BCUT2D eigenvalue weighted by Gasteiger charge is 2.17. The third-order valence-electron chi connectivity index (χ3n) is 11.7. The molecule has 0 saturated carbocycles. The predicted molar refractivity (Wildman–Crippen MR) is 279 cm³/mol. The number of hydrogen-bond donors (Lipinski definition) is 5. The number of nitrogens with one attached hydrogen (secondary N) is 5. The van der Waals surface area contributed by atoms with Crippen molar-refractivity contribution in [1.29, 1.82) is 0 Å². The summed E-state index contributed by atoms with van der Waals surface area (Å²) in [6.45, 7) is 12.4. The Bertz CT molecular complexity index is 1380. The number of benzene rings is 1. The summed E-state index contributed by atoms with van der Waals surface area (Å²) in [6.07, 6.45) is 33.4. The molecule has 0 heterocycles. The van der Waals surface area contributed by atoms with Crippen LogP contribution in [0.1, 0.15) is 235 Å². The summed E-state index contributed by atoms with van der Waals surface area (Å²) in [6, 6.07) is 4.55. The van der Waals surface area contributed by atoms with Crippen molar-refractivity contribution >= 4 is 29.7 Å². The normalized spacial score (nSPS) is 11.3. The van der Waals surface area contributed by atoms with E-state index >= 15 is 0 Å². The Balaban J connectivity index is 2.36. The molecule has 14 heteroatoms. The van der Waals surface area contributed by atoms with Crippen LogP contribution in [0.5, 0.6) is 5.75 Å². The maximum absolute atomic E-state index is 13.2. The molecular weight excluding hydrogens is 875 g/mol. The molecule has 0 aliphatic heterocycles. The smallest absolute Gasteiger partial charge is 0.407 e. The molecule has 14 nitrogen and oxygen atoms in total. The number of rotatable bonds is 46. The van der Waals surface area contributed by atoms with Gasteiger partial charge in [0.15, 0.2) is 0 Å². The van der Waals surface area contributed by atoms with Crippen molar-refractivity contribution in [2.45, 2.75) is 220 Å². The van der Waals surface area contributed by atoms with Crippen LogP contribution in [0.15, 0.2) is 18.2 Å². The second-order valence-corrected chi connectivity index (χ2v) is 19.4. The van der Waals surface area contributed by atoms with Crippen LogP contribution in [-0.4, -0.2) is 101 Å². The molecule has 0 atom stereocenters. The van der Waals surface area contributed by atoms with E-state index in [0.29, 0.717) is 39.1 Å². The first kappa shape index (κ1) is 63.1. The number of hydrogen-bond acceptors (Lipinski definition) is 9. The van der Waals surface area contributed by atoms with Gasteiger partial charge in [-0.1, -0.05) is 168 Å². The average Bonchev–Trinajstić information content (AvgIpc) is 3.31. The van der Waals surface area contributed by atoms with E-state index in [2.05, 4.69) is 40.4 Å². The molecule has 5 N–H and O–H groups in total. The van der Waals surface area contributed by atoms with Crippen molar-refractivity contribution < 1.29 is 42.9 Å². The lowest BCUT2D eigenvalue weighted by atomic mass is 10.0. The topological polar surface area (TPSA) is 182 Å². The molecule has 0 aliphatic rings. The van der Waals surface area contributed by atoms with E-state index in [1.165, 1.54) is 159 Å². The van der Waals surface area contributed by atoms with E-state index in [-0.39, 0.29) is 68.1 Å². The minimum atomic E-state index is -0.645. The molecule has 69 heavy (non-hydrogen) atoms. The van der Waals surface area contributed by atoms with Crippen LogP contribution >= 0.6 is 0 Å². The summed E-state index contributed by atoms with van der Waals surface area (Å²) >= 11 is 0. The number of unbranched alkanes of at least 4 members (excludes halogenated alkanes) is 24. The van der Waals surface area contributed by atoms with E-state index in [4.69, 9.17) is 18.9 Å². The SMILES string of the molecule is CCCCCCCCCCCCCCCC(=O)NCCOCCNC(=O)c1cc(OCCNC(=O)OC(C)(C)C)cc(C(=O)NCCOCCNC(=O)CCCCCCCCCCCCCCC)c1. The summed E-state index contributed by atoms with van der Waals surface area (Å²) in [5, 5.41) is 14.1. The average molecular weight is 974 g/mol. The third kappa shape index (κ3) is 40.5. The molecule has 398 valence electrons. The van der Waals surface area contributed by atoms with Crippen LogP contribution in [0.3, 0.4) is 0 Å². The molecular formula is C55H99N5O9. The van der Waals surface area contributed by atoms with Gasteiger partial charge in [-0.3, -0.25) is 19.2 Å². The molecule has 0 saturated heterocycles. The van der Waals surface area contributed by atoms with Crippen LogP contribution in [0.25, 0.3) is 0 Å². The van der Waals surface area contributed by atoms with Crippen molar-refractivity contribution in [3.63, 3.8) is 0 Å². The van der Waals surface area contributed by atoms with Gasteiger partial charge < -0.3 is 45.5 Å². The highest BCUT2D eigenvalue weighted by molar-refractivity contribution is 6.00. The second kappa shape index (κ2) is 44.1. The van der Waals surface area contributed by atoms with Crippen molar-refractivity contribution in [3.05, 3.63) is 29.3 Å². The van der Waals surface area contributed by atoms with Gasteiger partial charge in [0, 0.05) is 50.1 Å². The van der Waals surface area contributed by atoms with Gasteiger partial charge in [0.2, 0.25) is 11.8 Å². The van der Waals surface area contributed by atoms with Gasteiger partial charge in [-0.2, -0.15) is 0 Å². The van der Waals surface area contributed by atoms with Crippen molar-refractivity contribution in [3.8, 4) is 5.75 Å². The predicted octanol–water partition coefficient (Wildman–Crippen LogP) is 11.3. The van der Waals surface area contributed by atoms with Crippen LogP contribution < -0.4 is 31.3 Å². The lowest BCUT2D eigenvalue weighted by Gasteiger charge is -2.19. The molecule has 0 bridgehead atoms. The number of amides is 5. The fraction of sp³-hybridized carbons (Fsp3) is 0.800. The maximum Gasteiger partial charge on any atom is 0.407 e. The third-order valence-corrected chi connectivity index (χ3v) is 11.7. The van der Waals surface area contributed by atoms with Crippen molar-refractivity contribution in [2.24, 2.45) is 0 Å². The van der Waals surface area contributed by atoms with Crippen LogP contribution in [0.2, 0.25) is 0 Å². The summed E-state index contributed by atoms with van der Waals surface area (Å²) < 4.78 is 22.4. The van der Waals surface area contributed by atoms with E-state index in [1.54, 1.807) is 20.8 Å². The first-order valence-electron chi connectivity index (χ1n) is 27.4. The molecule has 1 aromatic rings. The molecule has 0 spiro atoms. The van der Waals surface area contributed by atoms with Crippen molar-refractivity contribution in [1.82, 2.24) is 26.6 Å². The first-order chi connectivity index (χ1) is 33.4. The van der Waals surface area contributed by atoms with Gasteiger partial charge >= 0.3 is 6.09 Å². The molecule has 0 unspecified atom stereocenters. The zero-order valence-corrected chi connectivity index (χ0v) is 44.3. The van der Waals surface area contributed by atoms with Crippen LogP contribution in [-0.2, 0) is 23.8 Å². The standard InChI is InChI=1S/C55H99N5O9/c1-6-8-10-12-14-16-18-20-22-24-26-28-30-32-50(61)56-34-39-66-41-36-58-52(63)47-44-48(46-49(45-47)68-43-38-60-54(65)69-55(3,4)5)53(64)59-37-42-67-40-35-57-51(62)33-31-29-27-25-23-21-19-17-15-13-11-9-7-2/h44-46H,6-43H2,1-5H3,(H,56,61)(H,57,62)(H,58,63)(H,59,64)(H,60,65). The fourth-order valence-electron chi connectivity index (χ4n) is 7.77. The van der Waals surface area contributed by atoms with E-state index < -0.39 is 23.5 Å². The number of carbonyl (C=O) groups excluding carboxylic acids is 5. The maximum atomic E-state index is 13.2. The molecule has 0 fully saturated rings. The minimum absolute atomic E-state index is 0.0285. The second-order valence-electron chi connectivity index (χ2n) is 19.4. The number of ether oxygens (including phenoxy) is 4. The zero-order valence-electron chi connectivity index (χ0n) is 44.3. The van der Waals surface area contributed by atoms with E-state index in [9.17, 15) is 24.0 Å². The fourth-order valence-corrected chi connectivity index (χ4v) is 7.77. The Morgan fingerprint density at radius 1 is 0.406 bits per heavy atom. The van der Waals surface area contributed by atoms with Gasteiger partial charge in [0.1, 0.15) is 18.0 Å². The van der Waals surface area contributed by atoms with Gasteiger partial charge in [0.25, 0.3) is 11.8 Å². The van der Waals surface area contributed by atoms with Crippen molar-refractivity contribution in [2.75, 3.05) is 65.8 Å². The largest absolute Gasteiger partial charge is 0.492 e. The molecule has 1 aromatic carbocycles.